The lowest BCUT2D eigenvalue weighted by atomic mass is 10.0. The fourth-order valence-electron chi connectivity index (χ4n) is 5.38. The predicted molar refractivity (Wildman–Crippen MR) is 169 cm³/mol. The maximum Gasteiger partial charge on any atom is 0.252 e. The zero-order valence-electron chi connectivity index (χ0n) is 22.8. The van der Waals surface area contributed by atoms with Crippen LogP contribution in [0.3, 0.4) is 0 Å². The number of likely N-dealkylation sites (tertiary alicyclic amines) is 1. The molecule has 1 amide bonds. The minimum Gasteiger partial charge on any atom is -0.360 e. The van der Waals surface area contributed by atoms with E-state index in [0.29, 0.717) is 18.7 Å². The fourth-order valence-corrected chi connectivity index (χ4v) is 5.74. The van der Waals surface area contributed by atoms with Crippen LogP contribution in [0.5, 0.6) is 0 Å². The van der Waals surface area contributed by atoms with Crippen molar-refractivity contribution in [2.45, 2.75) is 32.4 Å². The van der Waals surface area contributed by atoms with Crippen LogP contribution < -0.4 is 11.1 Å². The topological polar surface area (TPSA) is 87.0 Å². The Bertz CT molecular complexity index is 1770. The Kier molecular flexibility index (Phi) is 8.15. The molecule has 4 N–H and O–H groups in total. The van der Waals surface area contributed by atoms with Gasteiger partial charge >= 0.3 is 0 Å². The fraction of sp³-hybridized carbons (Fsp3) is 0.235. The molecule has 5 aromatic rings. The molecule has 0 saturated carbocycles. The largest absolute Gasteiger partial charge is 0.360 e. The summed E-state index contributed by atoms with van der Waals surface area (Å²) in [7, 11) is 0. The third-order valence-corrected chi connectivity index (χ3v) is 8.16. The Morgan fingerprint density at radius 1 is 0.976 bits per heavy atom. The molecule has 0 spiro atoms. The van der Waals surface area contributed by atoms with Gasteiger partial charge in [-0.1, -0.05) is 64.5 Å². The summed E-state index contributed by atoms with van der Waals surface area (Å²) in [6, 6.07) is 21.9. The van der Waals surface area contributed by atoms with Gasteiger partial charge in [-0.3, -0.25) is 9.69 Å². The molecule has 2 aromatic heterocycles. The standard InChI is InChI=1S/C34H32BrN5O/c35-26-11-13-31-28(18-26)30(22-37-31)33-19-29(34(41)38-21-25-8-6-24(20-36)7-9-25)27-12-10-23(17-32(27)39-33)5-4-16-40-14-2-1-3-15-40/h6-13,17-19,22,37H,1-3,14-16,20-21,36H2,(H,38,41). The summed E-state index contributed by atoms with van der Waals surface area (Å²) in [5, 5.41) is 4.94. The van der Waals surface area contributed by atoms with E-state index in [2.05, 4.69) is 49.0 Å². The Balaban J connectivity index is 1.36. The SMILES string of the molecule is NCc1ccc(CNC(=O)c2cc(-c3c[nH]c4ccc(Br)cc34)nc3cc(C#CCN4CCCCC4)ccc23)cc1. The molecule has 0 radical (unpaired) electrons. The van der Waals surface area contributed by atoms with Gasteiger partial charge in [0.05, 0.1) is 23.3 Å². The molecule has 3 aromatic carbocycles. The second-order valence-corrected chi connectivity index (χ2v) is 11.4. The third kappa shape index (κ3) is 6.20. The van der Waals surface area contributed by atoms with E-state index >= 15 is 0 Å². The maximum atomic E-state index is 13.6. The van der Waals surface area contributed by atoms with Crippen molar-refractivity contribution in [3.05, 3.63) is 99.7 Å². The van der Waals surface area contributed by atoms with Gasteiger partial charge in [0.2, 0.25) is 0 Å². The number of hydrogen-bond donors (Lipinski definition) is 3. The monoisotopic (exact) mass is 605 g/mol. The number of pyridine rings is 1. The van der Waals surface area contributed by atoms with E-state index in [1.807, 2.05) is 66.9 Å². The molecule has 1 aliphatic rings. The third-order valence-electron chi connectivity index (χ3n) is 7.67. The summed E-state index contributed by atoms with van der Waals surface area (Å²) in [5.74, 6) is 6.52. The summed E-state index contributed by atoms with van der Waals surface area (Å²) in [5.41, 5.74) is 12.7. The highest BCUT2D eigenvalue weighted by Crippen LogP contribution is 2.32. The molecule has 0 aliphatic carbocycles. The summed E-state index contributed by atoms with van der Waals surface area (Å²) < 4.78 is 0.983. The van der Waals surface area contributed by atoms with E-state index < -0.39 is 0 Å². The van der Waals surface area contributed by atoms with Crippen molar-refractivity contribution in [2.24, 2.45) is 5.73 Å². The lowest BCUT2D eigenvalue weighted by Crippen LogP contribution is -2.29. The van der Waals surface area contributed by atoms with E-state index in [1.165, 1.54) is 19.3 Å². The minimum atomic E-state index is -0.147. The number of fused-ring (bicyclic) bond motifs is 2. The van der Waals surface area contributed by atoms with Crippen LogP contribution >= 0.6 is 15.9 Å². The number of aromatic amines is 1. The molecule has 0 atom stereocenters. The predicted octanol–water partition coefficient (Wildman–Crippen LogP) is 6.37. The summed E-state index contributed by atoms with van der Waals surface area (Å²) in [6.07, 6.45) is 5.76. The Hall–Kier alpha value is -3.96. The summed E-state index contributed by atoms with van der Waals surface area (Å²) >= 11 is 3.59. The molecule has 6 nitrogen and oxygen atoms in total. The van der Waals surface area contributed by atoms with Gasteiger partial charge in [-0.2, -0.15) is 0 Å². The van der Waals surface area contributed by atoms with Crippen molar-refractivity contribution in [3.63, 3.8) is 0 Å². The average molecular weight is 607 g/mol. The number of carbonyl (C=O) groups is 1. The number of benzene rings is 3. The lowest BCUT2D eigenvalue weighted by Gasteiger charge is -2.23. The van der Waals surface area contributed by atoms with Gasteiger partial charge < -0.3 is 16.0 Å². The van der Waals surface area contributed by atoms with Crippen LogP contribution in [0.2, 0.25) is 0 Å². The molecule has 206 valence electrons. The lowest BCUT2D eigenvalue weighted by molar-refractivity contribution is 0.0952. The number of halogens is 1. The molecule has 0 bridgehead atoms. The molecule has 3 heterocycles. The first kappa shape index (κ1) is 27.2. The van der Waals surface area contributed by atoms with Crippen LogP contribution in [0.4, 0.5) is 0 Å². The number of nitrogens with zero attached hydrogens (tertiary/aromatic N) is 2. The number of rotatable bonds is 6. The number of H-pyrrole nitrogens is 1. The highest BCUT2D eigenvalue weighted by atomic mass is 79.9. The van der Waals surface area contributed by atoms with Gasteiger partial charge in [-0.05, 0) is 73.5 Å². The van der Waals surface area contributed by atoms with Crippen LogP contribution in [-0.2, 0) is 13.1 Å². The van der Waals surface area contributed by atoms with Crippen molar-refractivity contribution in [2.75, 3.05) is 19.6 Å². The molecule has 1 fully saturated rings. The number of nitrogens with two attached hydrogens (primary N) is 1. The first-order valence-corrected chi connectivity index (χ1v) is 14.9. The van der Waals surface area contributed by atoms with E-state index in [0.717, 1.165) is 73.9 Å². The highest BCUT2D eigenvalue weighted by molar-refractivity contribution is 9.10. The molecule has 1 aliphatic heterocycles. The molecule has 1 saturated heterocycles. The van der Waals surface area contributed by atoms with Gasteiger partial charge in [-0.25, -0.2) is 4.98 Å². The van der Waals surface area contributed by atoms with Crippen LogP contribution in [-0.4, -0.2) is 40.4 Å². The quantitative estimate of drug-likeness (QED) is 0.196. The van der Waals surface area contributed by atoms with Crippen LogP contribution in [0, 0.1) is 11.8 Å². The van der Waals surface area contributed by atoms with Crippen LogP contribution in [0.25, 0.3) is 33.1 Å². The van der Waals surface area contributed by atoms with Gasteiger partial charge in [0.25, 0.3) is 5.91 Å². The maximum absolute atomic E-state index is 13.6. The second kappa shape index (κ2) is 12.3. The first-order valence-electron chi connectivity index (χ1n) is 14.1. The van der Waals surface area contributed by atoms with E-state index in [4.69, 9.17) is 10.7 Å². The molecule has 6 rings (SSSR count). The first-order chi connectivity index (χ1) is 20.1. The Morgan fingerprint density at radius 3 is 2.59 bits per heavy atom. The van der Waals surface area contributed by atoms with Gasteiger partial charge in [0.15, 0.2) is 0 Å². The number of piperidine rings is 1. The highest BCUT2D eigenvalue weighted by Gasteiger charge is 2.17. The average Bonchev–Trinajstić information content (AvgIpc) is 3.43. The number of nitrogens with one attached hydrogen (secondary N) is 2. The zero-order chi connectivity index (χ0) is 28.2. The second-order valence-electron chi connectivity index (χ2n) is 10.5. The molecule has 41 heavy (non-hydrogen) atoms. The number of amides is 1. The van der Waals surface area contributed by atoms with E-state index in [-0.39, 0.29) is 5.91 Å². The molecular formula is C34H32BrN5O. The molecule has 0 unspecified atom stereocenters. The van der Waals surface area contributed by atoms with Crippen molar-refractivity contribution >= 4 is 43.6 Å². The van der Waals surface area contributed by atoms with Crippen LogP contribution in [0.15, 0.2) is 77.4 Å². The van der Waals surface area contributed by atoms with Crippen molar-refractivity contribution < 1.29 is 4.79 Å². The van der Waals surface area contributed by atoms with Gasteiger partial charge in [-0.15, -0.1) is 0 Å². The van der Waals surface area contributed by atoms with Gasteiger partial charge in [0, 0.05) is 51.2 Å². The zero-order valence-corrected chi connectivity index (χ0v) is 24.4. The summed E-state index contributed by atoms with van der Waals surface area (Å²) in [4.78, 5) is 24.4. The Labute approximate surface area is 248 Å². The normalized spacial score (nSPS) is 13.7. The summed E-state index contributed by atoms with van der Waals surface area (Å²) in [6.45, 7) is 3.92. The van der Waals surface area contributed by atoms with Crippen molar-refractivity contribution in [3.8, 4) is 23.1 Å². The van der Waals surface area contributed by atoms with E-state index in [9.17, 15) is 4.79 Å². The number of hydrogen-bond acceptors (Lipinski definition) is 4. The van der Waals surface area contributed by atoms with Crippen LogP contribution in [0.1, 0.15) is 46.3 Å². The van der Waals surface area contributed by atoms with Crippen molar-refractivity contribution in [1.82, 2.24) is 20.2 Å². The Morgan fingerprint density at radius 2 is 1.78 bits per heavy atom. The number of carbonyl (C=O) groups excluding carboxylic acids is 1. The van der Waals surface area contributed by atoms with Gasteiger partial charge in [0.1, 0.15) is 0 Å². The molecule has 7 heteroatoms. The minimum absolute atomic E-state index is 0.147. The van der Waals surface area contributed by atoms with E-state index in [1.54, 1.807) is 0 Å². The molecular weight excluding hydrogens is 574 g/mol. The smallest absolute Gasteiger partial charge is 0.252 e. The van der Waals surface area contributed by atoms with Crippen molar-refractivity contribution in [1.29, 1.82) is 0 Å². The number of aromatic nitrogens is 2.